The Bertz CT molecular complexity index is 3910. The van der Waals surface area contributed by atoms with Gasteiger partial charge in [0.25, 0.3) is 0 Å². The highest BCUT2D eigenvalue weighted by Gasteiger charge is 2.36. The molecule has 11 aromatic rings. The van der Waals surface area contributed by atoms with Crippen molar-refractivity contribution in [3.8, 4) is 44.5 Å². The Hall–Kier alpha value is -8.78. The van der Waals surface area contributed by atoms with Gasteiger partial charge in [-0.3, -0.25) is 0 Å². The van der Waals surface area contributed by atoms with Gasteiger partial charge in [0.05, 0.1) is 5.69 Å². The monoisotopic (exact) mass is 1010 g/mol. The first kappa shape index (κ1) is 51.3. The summed E-state index contributed by atoms with van der Waals surface area (Å²) in [4.78, 5) is 2.46. The molecule has 0 spiro atoms. The van der Waals surface area contributed by atoms with Crippen LogP contribution in [0.25, 0.3) is 71.6 Å². The minimum atomic E-state index is -0.0998. The van der Waals surface area contributed by atoms with Crippen molar-refractivity contribution in [3.63, 3.8) is 0 Å². The first-order chi connectivity index (χ1) is 38.1. The van der Waals surface area contributed by atoms with Gasteiger partial charge in [-0.1, -0.05) is 276 Å². The van der Waals surface area contributed by atoms with E-state index in [4.69, 9.17) is 0 Å². The lowest BCUT2D eigenvalue weighted by molar-refractivity contribution is 0.660. The van der Waals surface area contributed by atoms with E-state index >= 15 is 0 Å². The molecule has 11 aromatic carbocycles. The van der Waals surface area contributed by atoms with Gasteiger partial charge >= 0.3 is 0 Å². The third-order valence-electron chi connectivity index (χ3n) is 15.8. The van der Waals surface area contributed by atoms with Crippen LogP contribution in [0.15, 0.2) is 267 Å². The van der Waals surface area contributed by atoms with Gasteiger partial charge in [0, 0.05) is 22.2 Å². The van der Waals surface area contributed by atoms with Gasteiger partial charge in [-0.15, -0.1) is 0 Å². The van der Waals surface area contributed by atoms with Gasteiger partial charge in [-0.05, 0) is 157 Å². The number of aryl methyl sites for hydroxylation is 3. The molecule has 0 saturated heterocycles. The summed E-state index contributed by atoms with van der Waals surface area (Å²) in [5.41, 5.74) is 23.0. The molecule has 1 unspecified atom stereocenters. The summed E-state index contributed by atoms with van der Waals surface area (Å²) in [7, 11) is 0. The zero-order valence-corrected chi connectivity index (χ0v) is 46.0. The second kappa shape index (κ2) is 22.8. The predicted octanol–water partition coefficient (Wildman–Crippen LogP) is 21.7. The molecule has 0 amide bonds. The van der Waals surface area contributed by atoms with E-state index < -0.39 is 0 Å². The number of hydrogen-bond acceptors (Lipinski definition) is 1. The maximum Gasteiger partial charge on any atom is 0.0546 e. The van der Waals surface area contributed by atoms with Gasteiger partial charge < -0.3 is 4.90 Å². The van der Waals surface area contributed by atoms with Gasteiger partial charge in [0.2, 0.25) is 0 Å². The van der Waals surface area contributed by atoms with Crippen molar-refractivity contribution >= 4 is 44.2 Å². The highest BCUT2D eigenvalue weighted by atomic mass is 15.1. The van der Waals surface area contributed by atoms with Crippen LogP contribution >= 0.6 is 0 Å². The van der Waals surface area contributed by atoms with Gasteiger partial charge in [-0.2, -0.15) is 0 Å². The summed E-state index contributed by atoms with van der Waals surface area (Å²) in [5, 5.41) is 5.01. The lowest BCUT2D eigenvalue weighted by Crippen LogP contribution is -2.17. The molecule has 0 fully saturated rings. The third kappa shape index (κ3) is 10.9. The van der Waals surface area contributed by atoms with Crippen molar-refractivity contribution in [2.45, 2.75) is 66.2 Å². The second-order valence-electron chi connectivity index (χ2n) is 21.8. The fourth-order valence-electron chi connectivity index (χ4n) is 11.4. The molecule has 13 rings (SSSR count). The Morgan fingerprint density at radius 1 is 0.436 bits per heavy atom. The fourth-order valence-corrected chi connectivity index (χ4v) is 11.4. The SMILES string of the molecule is CCCc1ccc(C2=CCC(C)C=C2)cc1.Cc1ccc(-c2ccccc2)cc1.Cc1ccc2c(c1)C(C)(C)c1cc(N(c3ccc(-c4cccc(-c5ccccc5)c4)cc3)c3cc4ccccc4c4ccccc34)ccc1-2. The number of hydrogen-bond donors (Lipinski definition) is 0. The standard InChI is InChI=1S/C48H37N.C16H20.C13H12/c1-32-20-26-42-43-27-25-39(31-46(43)48(2,3)45(42)28-32)49(47-30-37-14-7-8-17-40(37)41-18-9-10-19-44(41)47)38-23-21-34(22-24-38)36-16-11-15-35(29-36)33-12-5-4-6-13-33;1-3-4-14-7-11-16(12-8-14)15-9-5-13(2)6-10-15;1-11-7-9-13(10-8-11)12-5-3-2-4-6-12/h4-31H,1-3H3;5,7-13H,3-4,6H2,1-2H3;2-10H,1H3. The van der Waals surface area contributed by atoms with Crippen molar-refractivity contribution in [2.75, 3.05) is 4.90 Å². The Morgan fingerprint density at radius 3 is 1.60 bits per heavy atom. The molecule has 0 saturated carbocycles. The van der Waals surface area contributed by atoms with E-state index in [2.05, 4.69) is 307 Å². The average Bonchev–Trinajstić information content (AvgIpc) is 3.92. The highest BCUT2D eigenvalue weighted by Crippen LogP contribution is 2.52. The molecule has 2 aliphatic carbocycles. The van der Waals surface area contributed by atoms with Crippen LogP contribution in [0.3, 0.4) is 0 Å². The summed E-state index contributed by atoms with van der Waals surface area (Å²) in [6.45, 7) is 13.5. The summed E-state index contributed by atoms with van der Waals surface area (Å²) in [5.74, 6) is 0.697. The molecule has 1 atom stereocenters. The molecule has 2 aliphatic rings. The Morgan fingerprint density at radius 2 is 0.949 bits per heavy atom. The molecule has 382 valence electrons. The maximum atomic E-state index is 2.46. The zero-order chi connectivity index (χ0) is 53.6. The Balaban J connectivity index is 0.000000180. The number of rotatable bonds is 9. The molecular weight excluding hydrogens is 939 g/mol. The molecule has 0 N–H and O–H groups in total. The highest BCUT2D eigenvalue weighted by molar-refractivity contribution is 6.14. The maximum absolute atomic E-state index is 2.46. The number of allylic oxidation sites excluding steroid dienone is 4. The van der Waals surface area contributed by atoms with E-state index in [0.29, 0.717) is 5.92 Å². The lowest BCUT2D eigenvalue weighted by Gasteiger charge is -2.29. The summed E-state index contributed by atoms with van der Waals surface area (Å²) >= 11 is 0. The van der Waals surface area contributed by atoms with Gasteiger partial charge in [0.1, 0.15) is 0 Å². The van der Waals surface area contributed by atoms with E-state index in [9.17, 15) is 0 Å². The molecule has 0 aliphatic heterocycles. The normalized spacial score (nSPS) is 13.8. The van der Waals surface area contributed by atoms with E-state index in [0.717, 1.165) is 11.4 Å². The smallest absolute Gasteiger partial charge is 0.0546 e. The molecule has 1 heteroatoms. The fraction of sp³-hybridized carbons (Fsp3) is 0.143. The van der Waals surface area contributed by atoms with Crippen molar-refractivity contribution in [1.29, 1.82) is 0 Å². The van der Waals surface area contributed by atoms with Gasteiger partial charge in [0.15, 0.2) is 0 Å². The van der Waals surface area contributed by atoms with Crippen LogP contribution in [0.1, 0.15) is 73.9 Å². The number of fused-ring (bicyclic) bond motifs is 6. The first-order valence-electron chi connectivity index (χ1n) is 27.9. The molecule has 0 bridgehead atoms. The molecule has 1 nitrogen and oxygen atoms in total. The number of anilines is 3. The van der Waals surface area contributed by atoms with E-state index in [1.165, 1.54) is 130 Å². The van der Waals surface area contributed by atoms with E-state index in [-0.39, 0.29) is 5.41 Å². The number of nitrogens with zero attached hydrogens (tertiary/aromatic N) is 1. The Kier molecular flexibility index (Phi) is 15.0. The Labute approximate surface area is 463 Å². The van der Waals surface area contributed by atoms with Crippen LogP contribution in [-0.4, -0.2) is 0 Å². The van der Waals surface area contributed by atoms with Crippen LogP contribution in [0.2, 0.25) is 0 Å². The van der Waals surface area contributed by atoms with Crippen LogP contribution in [-0.2, 0) is 11.8 Å². The van der Waals surface area contributed by atoms with Crippen LogP contribution in [0, 0.1) is 19.8 Å². The van der Waals surface area contributed by atoms with Crippen molar-refractivity contribution in [3.05, 3.63) is 300 Å². The van der Waals surface area contributed by atoms with Crippen molar-refractivity contribution in [1.82, 2.24) is 0 Å². The summed E-state index contributed by atoms with van der Waals surface area (Å²) in [6.07, 6.45) is 10.5. The molecule has 0 aromatic heterocycles. The third-order valence-corrected chi connectivity index (χ3v) is 15.8. The average molecular weight is 1010 g/mol. The van der Waals surface area contributed by atoms with Crippen molar-refractivity contribution in [2.24, 2.45) is 5.92 Å². The van der Waals surface area contributed by atoms with E-state index in [1.54, 1.807) is 0 Å². The summed E-state index contributed by atoms with van der Waals surface area (Å²) in [6, 6.07) is 90.5. The number of benzene rings is 11. The van der Waals surface area contributed by atoms with E-state index in [1.807, 2.05) is 6.07 Å². The largest absolute Gasteiger partial charge is 0.310 e. The minimum absolute atomic E-state index is 0.0998. The quantitative estimate of drug-likeness (QED) is 0.130. The predicted molar refractivity (Wildman–Crippen MR) is 337 cm³/mol. The molecule has 78 heavy (non-hydrogen) atoms. The second-order valence-corrected chi connectivity index (χ2v) is 21.8. The molecule has 0 radical (unpaired) electrons. The molecule has 0 heterocycles. The minimum Gasteiger partial charge on any atom is -0.310 e. The molecular formula is C77H69N. The van der Waals surface area contributed by atoms with Gasteiger partial charge in [-0.25, -0.2) is 0 Å². The summed E-state index contributed by atoms with van der Waals surface area (Å²) < 4.78 is 0. The topological polar surface area (TPSA) is 3.24 Å². The lowest BCUT2D eigenvalue weighted by atomic mass is 9.82. The van der Waals surface area contributed by atoms with Crippen molar-refractivity contribution < 1.29 is 0 Å². The van der Waals surface area contributed by atoms with Crippen LogP contribution in [0.5, 0.6) is 0 Å². The zero-order valence-electron chi connectivity index (χ0n) is 46.0. The van der Waals surface area contributed by atoms with Crippen LogP contribution < -0.4 is 4.90 Å². The van der Waals surface area contributed by atoms with Crippen LogP contribution in [0.4, 0.5) is 17.1 Å². The first-order valence-corrected chi connectivity index (χ1v) is 27.9.